The molecule has 0 amide bonds. The van der Waals surface area contributed by atoms with Gasteiger partial charge in [0.05, 0.1) is 21.9 Å². The van der Waals surface area contributed by atoms with Crippen LogP contribution in [0, 0.1) is 5.53 Å². The lowest BCUT2D eigenvalue weighted by molar-refractivity contribution is -0.210. The summed E-state index contributed by atoms with van der Waals surface area (Å²) >= 11 is 1.73. The SMILES string of the molecule is N=[N+]=C(C(=O)O[C@]1(c2ccccc2)CN2CCCCC21)c1cc2sc1CCC2. The van der Waals surface area contributed by atoms with Crippen molar-refractivity contribution in [2.24, 2.45) is 0 Å². The third-order valence-corrected chi connectivity index (χ3v) is 7.63. The molecule has 1 unspecified atom stereocenters. The Bertz CT molecular complexity index is 963. The van der Waals surface area contributed by atoms with Crippen LogP contribution in [0.2, 0.25) is 0 Å². The molecule has 1 aromatic heterocycles. The number of esters is 1. The van der Waals surface area contributed by atoms with Crippen LogP contribution in [-0.4, -0.2) is 40.5 Å². The molecule has 2 fully saturated rings. The van der Waals surface area contributed by atoms with Crippen molar-refractivity contribution in [3.05, 3.63) is 57.3 Å². The van der Waals surface area contributed by atoms with Crippen molar-refractivity contribution in [1.82, 2.24) is 4.90 Å². The number of benzene rings is 1. The highest BCUT2D eigenvalue weighted by Crippen LogP contribution is 2.46. The number of piperidine rings is 1. The van der Waals surface area contributed by atoms with Gasteiger partial charge in [0.25, 0.3) is 0 Å². The molecule has 144 valence electrons. The second kappa shape index (κ2) is 6.96. The quantitative estimate of drug-likeness (QED) is 0.373. The second-order valence-corrected chi connectivity index (χ2v) is 9.21. The van der Waals surface area contributed by atoms with Gasteiger partial charge >= 0.3 is 11.7 Å². The highest BCUT2D eigenvalue weighted by atomic mass is 32.1. The number of carbonyl (C=O) groups excluding carboxylic acids is 1. The summed E-state index contributed by atoms with van der Waals surface area (Å²) < 4.78 is 6.24. The normalized spacial score (nSPS) is 25.9. The van der Waals surface area contributed by atoms with Gasteiger partial charge in [0, 0.05) is 16.3 Å². The van der Waals surface area contributed by atoms with E-state index in [2.05, 4.69) is 21.8 Å². The maximum atomic E-state index is 13.2. The number of nitrogens with zero attached hydrogens (tertiary/aromatic N) is 2. The zero-order valence-corrected chi connectivity index (χ0v) is 16.6. The molecule has 0 spiro atoms. The zero-order chi connectivity index (χ0) is 19.1. The molecule has 5 nitrogen and oxygen atoms in total. The van der Waals surface area contributed by atoms with Gasteiger partial charge in [-0.2, -0.15) is 0 Å². The third-order valence-electron chi connectivity index (χ3n) is 6.37. The number of nitrogens with one attached hydrogen (secondary N) is 1. The van der Waals surface area contributed by atoms with Gasteiger partial charge in [0.2, 0.25) is 0 Å². The van der Waals surface area contributed by atoms with E-state index in [0.717, 1.165) is 61.2 Å². The molecule has 0 radical (unpaired) electrons. The molecule has 2 saturated heterocycles. The fraction of sp³-hybridized carbons (Fsp3) is 0.455. The molecule has 0 aliphatic carbocycles. The van der Waals surface area contributed by atoms with Crippen molar-refractivity contribution in [2.45, 2.75) is 50.2 Å². The van der Waals surface area contributed by atoms with Crippen LogP contribution in [0.5, 0.6) is 0 Å². The van der Waals surface area contributed by atoms with Crippen molar-refractivity contribution in [3.63, 3.8) is 0 Å². The molecule has 2 aromatic rings. The molecule has 5 rings (SSSR count). The van der Waals surface area contributed by atoms with Crippen LogP contribution in [0.3, 0.4) is 0 Å². The van der Waals surface area contributed by atoms with E-state index in [1.54, 1.807) is 11.3 Å². The molecule has 1 N–H and O–H groups in total. The Hall–Kier alpha value is -2.27. The fourth-order valence-electron chi connectivity index (χ4n) is 5.01. The van der Waals surface area contributed by atoms with Crippen molar-refractivity contribution in [1.29, 1.82) is 5.53 Å². The predicted molar refractivity (Wildman–Crippen MR) is 107 cm³/mol. The van der Waals surface area contributed by atoms with Crippen LogP contribution < -0.4 is 0 Å². The van der Waals surface area contributed by atoms with Crippen molar-refractivity contribution < 1.29 is 14.3 Å². The Kier molecular flexibility index (Phi) is 4.43. The number of thiophene rings is 1. The van der Waals surface area contributed by atoms with Gasteiger partial charge in [-0.1, -0.05) is 36.8 Å². The van der Waals surface area contributed by atoms with E-state index < -0.39 is 11.6 Å². The van der Waals surface area contributed by atoms with Crippen LogP contribution >= 0.6 is 11.3 Å². The summed E-state index contributed by atoms with van der Waals surface area (Å²) in [5.74, 6) is -0.462. The van der Waals surface area contributed by atoms with E-state index in [-0.39, 0.29) is 11.8 Å². The number of fused-ring (bicyclic) bond motifs is 3. The maximum absolute atomic E-state index is 13.2. The summed E-state index contributed by atoms with van der Waals surface area (Å²) in [4.78, 5) is 21.7. The smallest absolute Gasteiger partial charge is 0.442 e. The van der Waals surface area contributed by atoms with Crippen LogP contribution in [0.1, 0.15) is 46.6 Å². The van der Waals surface area contributed by atoms with Gasteiger partial charge in [0.15, 0.2) is 5.60 Å². The summed E-state index contributed by atoms with van der Waals surface area (Å²) in [7, 11) is 0. The van der Waals surface area contributed by atoms with E-state index in [1.165, 1.54) is 11.3 Å². The molecule has 28 heavy (non-hydrogen) atoms. The second-order valence-electron chi connectivity index (χ2n) is 7.99. The monoisotopic (exact) mass is 394 g/mol. The minimum atomic E-state index is -0.631. The summed E-state index contributed by atoms with van der Waals surface area (Å²) in [5.41, 5.74) is 9.06. The summed E-state index contributed by atoms with van der Waals surface area (Å²) in [6.45, 7) is 1.79. The van der Waals surface area contributed by atoms with Crippen LogP contribution in [0.25, 0.3) is 0 Å². The maximum Gasteiger partial charge on any atom is 0.456 e. The predicted octanol–water partition coefficient (Wildman–Crippen LogP) is 3.57. The molecule has 2 bridgehead atoms. The number of aryl methyl sites for hydroxylation is 2. The molecular formula is C22H24N3O2S+. The van der Waals surface area contributed by atoms with E-state index in [1.807, 2.05) is 24.3 Å². The van der Waals surface area contributed by atoms with Crippen molar-refractivity contribution in [2.75, 3.05) is 13.1 Å². The summed E-state index contributed by atoms with van der Waals surface area (Å²) in [6.07, 6.45) is 6.49. The molecule has 0 saturated carbocycles. The average molecular weight is 395 g/mol. The lowest BCUT2D eigenvalue weighted by Gasteiger charge is -2.58. The average Bonchev–Trinajstić information content (AvgIpc) is 3.00. The molecule has 6 heteroatoms. The Balaban J connectivity index is 1.47. The Morgan fingerprint density at radius 3 is 2.82 bits per heavy atom. The van der Waals surface area contributed by atoms with E-state index in [0.29, 0.717) is 0 Å². The Morgan fingerprint density at radius 2 is 2.07 bits per heavy atom. The first-order chi connectivity index (χ1) is 13.7. The highest BCUT2D eigenvalue weighted by molar-refractivity contribution is 7.12. The van der Waals surface area contributed by atoms with Crippen molar-refractivity contribution in [3.8, 4) is 0 Å². The minimum absolute atomic E-state index is 0.156. The molecule has 4 heterocycles. The lowest BCUT2D eigenvalue weighted by Crippen LogP contribution is -2.70. The standard InChI is InChI=1S/C22H24N3O2S/c23-24-20(17-13-16-9-6-10-18(17)28-16)21(26)27-22(15-7-2-1-3-8-15)14-25-12-5-4-11-19(22)25/h1-3,7-8,13,19,23H,4-6,9-12,14H2/q+1/t19?,22-/m0/s1. The number of hydrogen-bond donors (Lipinski definition) is 1. The van der Waals surface area contributed by atoms with E-state index in [4.69, 9.17) is 10.3 Å². The first-order valence-corrected chi connectivity index (χ1v) is 10.9. The Morgan fingerprint density at radius 1 is 1.21 bits per heavy atom. The van der Waals surface area contributed by atoms with E-state index in [9.17, 15) is 4.79 Å². The molecule has 1 aromatic carbocycles. The van der Waals surface area contributed by atoms with Crippen molar-refractivity contribution >= 4 is 23.0 Å². The number of ether oxygens (including phenoxy) is 1. The highest BCUT2D eigenvalue weighted by Gasteiger charge is 2.58. The summed E-state index contributed by atoms with van der Waals surface area (Å²) in [5, 5.41) is 0. The summed E-state index contributed by atoms with van der Waals surface area (Å²) in [6, 6.07) is 12.3. The fourth-order valence-corrected chi connectivity index (χ4v) is 6.26. The van der Waals surface area contributed by atoms with Crippen LogP contribution in [0.4, 0.5) is 0 Å². The number of rotatable bonds is 4. The molecule has 2 atom stereocenters. The van der Waals surface area contributed by atoms with Crippen LogP contribution in [0.15, 0.2) is 36.4 Å². The first-order valence-electron chi connectivity index (χ1n) is 10.1. The zero-order valence-electron chi connectivity index (χ0n) is 15.8. The molecular weight excluding hydrogens is 370 g/mol. The topological polar surface area (TPSA) is 67.5 Å². The number of hydrogen-bond acceptors (Lipinski definition) is 5. The van der Waals surface area contributed by atoms with E-state index >= 15 is 0 Å². The first kappa shape index (κ1) is 17.8. The molecule has 3 aliphatic heterocycles. The van der Waals surface area contributed by atoms with Crippen LogP contribution in [-0.2, 0) is 28.0 Å². The third kappa shape index (κ3) is 2.75. The largest absolute Gasteiger partial charge is 0.456 e. The Labute approximate surface area is 168 Å². The minimum Gasteiger partial charge on any atom is -0.442 e. The van der Waals surface area contributed by atoms with Gasteiger partial charge in [-0.05, 0) is 50.3 Å². The lowest BCUT2D eigenvalue weighted by atomic mass is 9.73. The van der Waals surface area contributed by atoms with Gasteiger partial charge in [0.1, 0.15) is 0 Å². The van der Waals surface area contributed by atoms with Gasteiger partial charge in [-0.3, -0.25) is 4.90 Å². The molecule has 3 aliphatic rings. The van der Waals surface area contributed by atoms with Gasteiger partial charge in [-0.25, -0.2) is 4.79 Å². The van der Waals surface area contributed by atoms with Gasteiger partial charge < -0.3 is 4.74 Å². The number of carbonyl (C=O) groups is 1. The van der Waals surface area contributed by atoms with Gasteiger partial charge in [-0.15, -0.1) is 11.3 Å².